The molecule has 1 aliphatic rings. The number of halogens is 3. The summed E-state index contributed by atoms with van der Waals surface area (Å²) in [6.07, 6.45) is -2.55. The number of H-pyrrole nitrogens is 1. The van der Waals surface area contributed by atoms with Crippen LogP contribution in [0.4, 0.5) is 24.7 Å². The van der Waals surface area contributed by atoms with Crippen LogP contribution in [0.15, 0.2) is 48.7 Å². The van der Waals surface area contributed by atoms with Crippen molar-refractivity contribution in [1.82, 2.24) is 4.90 Å². The quantitative estimate of drug-likeness (QED) is 0.827. The first-order valence-electron chi connectivity index (χ1n) is 7.89. The Kier molecular flexibility index (Phi) is 5.08. The van der Waals surface area contributed by atoms with Crippen LogP contribution in [-0.2, 0) is 6.18 Å². The molecule has 1 saturated heterocycles. The molecule has 1 aliphatic heterocycles. The average molecular weight is 367 g/mol. The second kappa shape index (κ2) is 7.26. The summed E-state index contributed by atoms with van der Waals surface area (Å²) in [5.74, 6) is 1.02. The highest BCUT2D eigenvalue weighted by Crippen LogP contribution is 2.34. The summed E-state index contributed by atoms with van der Waals surface area (Å²) in [5, 5.41) is 3.07. The Labute approximate surface area is 149 Å². The van der Waals surface area contributed by atoms with Gasteiger partial charge in [0.2, 0.25) is 0 Å². The number of hydrogen-bond acceptors (Lipinski definition) is 2. The van der Waals surface area contributed by atoms with Gasteiger partial charge in [0, 0.05) is 6.07 Å². The van der Waals surface area contributed by atoms with E-state index in [9.17, 15) is 13.2 Å². The number of aromatic nitrogens is 1. The van der Waals surface area contributed by atoms with Crippen LogP contribution in [0.1, 0.15) is 5.56 Å². The second-order valence-electron chi connectivity index (χ2n) is 5.70. The highest BCUT2D eigenvalue weighted by Gasteiger charge is 2.34. The first kappa shape index (κ1) is 17.5. The van der Waals surface area contributed by atoms with Gasteiger partial charge in [-0.2, -0.15) is 13.2 Å². The zero-order valence-corrected chi connectivity index (χ0v) is 14.2. The Bertz CT molecular complexity index is 728. The molecule has 4 nitrogen and oxygen atoms in total. The molecule has 8 heteroatoms. The van der Waals surface area contributed by atoms with Crippen molar-refractivity contribution in [2.24, 2.45) is 0 Å². The lowest BCUT2D eigenvalue weighted by Crippen LogP contribution is -2.51. The first-order valence-corrected chi connectivity index (χ1v) is 8.30. The molecule has 0 atom stereocenters. The van der Waals surface area contributed by atoms with E-state index >= 15 is 0 Å². The lowest BCUT2D eigenvalue weighted by atomic mass is 10.1. The average Bonchev–Trinajstić information content (AvgIpc) is 2.62. The van der Waals surface area contributed by atoms with Gasteiger partial charge in [-0.1, -0.05) is 18.2 Å². The number of piperazine rings is 1. The van der Waals surface area contributed by atoms with Gasteiger partial charge in [-0.05, 0) is 30.4 Å². The zero-order chi connectivity index (χ0) is 17.9. The maximum absolute atomic E-state index is 13.1. The van der Waals surface area contributed by atoms with Crippen molar-refractivity contribution >= 4 is 28.8 Å². The monoisotopic (exact) mass is 367 g/mol. The number of nitrogens with zero attached hydrogens (tertiary/aromatic N) is 2. The van der Waals surface area contributed by atoms with Crippen molar-refractivity contribution in [1.29, 1.82) is 0 Å². The Morgan fingerprint density at radius 1 is 1.00 bits per heavy atom. The molecule has 0 bridgehead atoms. The molecular weight excluding hydrogens is 349 g/mol. The summed E-state index contributed by atoms with van der Waals surface area (Å²) >= 11 is 5.31. The van der Waals surface area contributed by atoms with Gasteiger partial charge >= 0.3 is 6.18 Å². The van der Waals surface area contributed by atoms with E-state index in [0.29, 0.717) is 18.2 Å². The fourth-order valence-electron chi connectivity index (χ4n) is 2.76. The molecule has 0 spiro atoms. The van der Waals surface area contributed by atoms with E-state index in [1.807, 2.05) is 29.3 Å². The van der Waals surface area contributed by atoms with E-state index in [1.54, 1.807) is 6.07 Å². The lowest BCUT2D eigenvalue weighted by Gasteiger charge is -2.33. The number of nitrogens with one attached hydrogen (secondary N) is 2. The molecule has 1 aromatic carbocycles. The number of para-hydroxylation sites is 1. The molecule has 1 aromatic heterocycles. The summed E-state index contributed by atoms with van der Waals surface area (Å²) < 4.78 is 39.2. The molecular formula is C17H18F3N4S+. The molecule has 2 aromatic rings. The van der Waals surface area contributed by atoms with Crippen LogP contribution >= 0.6 is 12.2 Å². The van der Waals surface area contributed by atoms with Crippen LogP contribution in [0, 0.1) is 0 Å². The molecule has 0 radical (unpaired) electrons. The van der Waals surface area contributed by atoms with Crippen molar-refractivity contribution < 1.29 is 18.2 Å². The molecule has 2 heterocycles. The molecule has 3 rings (SSSR count). The Hall–Kier alpha value is -2.35. The number of alkyl halides is 3. The van der Waals surface area contributed by atoms with Crippen molar-refractivity contribution in [3.05, 3.63) is 54.2 Å². The third-order valence-electron chi connectivity index (χ3n) is 4.07. The van der Waals surface area contributed by atoms with E-state index in [-0.39, 0.29) is 5.69 Å². The Balaban J connectivity index is 1.63. The largest absolute Gasteiger partial charge is 0.418 e. The first-order chi connectivity index (χ1) is 11.9. The third-order valence-corrected chi connectivity index (χ3v) is 4.43. The van der Waals surface area contributed by atoms with Gasteiger partial charge in [0.25, 0.3) is 5.82 Å². The van der Waals surface area contributed by atoms with Crippen LogP contribution in [0.25, 0.3) is 0 Å². The predicted octanol–water partition coefficient (Wildman–Crippen LogP) is 3.04. The number of hydrogen-bond donors (Lipinski definition) is 1. The smallest absolute Gasteiger partial charge is 0.341 e. The highest BCUT2D eigenvalue weighted by atomic mass is 32.1. The number of pyridine rings is 1. The summed E-state index contributed by atoms with van der Waals surface area (Å²) in [4.78, 5) is 7.25. The maximum Gasteiger partial charge on any atom is 0.418 e. The Morgan fingerprint density at radius 2 is 1.68 bits per heavy atom. The van der Waals surface area contributed by atoms with Gasteiger partial charge in [0.15, 0.2) is 5.11 Å². The van der Waals surface area contributed by atoms with E-state index in [1.165, 1.54) is 12.1 Å². The minimum absolute atomic E-state index is 0.0150. The van der Waals surface area contributed by atoms with Crippen molar-refractivity contribution in [2.45, 2.75) is 6.18 Å². The molecule has 0 aliphatic carbocycles. The van der Waals surface area contributed by atoms with Gasteiger partial charge in [-0.3, -0.25) is 4.90 Å². The summed E-state index contributed by atoms with van der Waals surface area (Å²) in [5.41, 5.74) is -0.728. The molecule has 0 amide bonds. The minimum Gasteiger partial charge on any atom is -0.341 e. The van der Waals surface area contributed by atoms with Gasteiger partial charge in [-0.15, -0.1) is 0 Å². The summed E-state index contributed by atoms with van der Waals surface area (Å²) in [7, 11) is 0. The van der Waals surface area contributed by atoms with E-state index in [2.05, 4.69) is 15.2 Å². The number of anilines is 2. The van der Waals surface area contributed by atoms with E-state index in [4.69, 9.17) is 12.2 Å². The topological polar surface area (TPSA) is 32.6 Å². The van der Waals surface area contributed by atoms with Gasteiger partial charge < -0.3 is 10.2 Å². The molecule has 0 saturated carbocycles. The number of thiocarbonyl (C=S) groups is 1. The summed E-state index contributed by atoms with van der Waals surface area (Å²) in [6.45, 7) is 2.76. The highest BCUT2D eigenvalue weighted by molar-refractivity contribution is 7.80. The van der Waals surface area contributed by atoms with Crippen LogP contribution in [0.2, 0.25) is 0 Å². The number of benzene rings is 1. The number of rotatable bonds is 2. The van der Waals surface area contributed by atoms with Gasteiger partial charge in [0.05, 0.1) is 30.5 Å². The molecule has 2 N–H and O–H groups in total. The standard InChI is InChI=1S/C17H17F3N4S/c18-17(19,20)13-5-1-2-6-14(13)22-16(25)24-11-9-23(10-12-24)15-7-3-4-8-21-15/h1-8H,9-12H2,(H,22,25)/p+1. The fourth-order valence-corrected chi connectivity index (χ4v) is 3.06. The lowest BCUT2D eigenvalue weighted by molar-refractivity contribution is -0.364. The minimum atomic E-state index is -4.42. The molecule has 25 heavy (non-hydrogen) atoms. The van der Waals surface area contributed by atoms with Crippen molar-refractivity contribution in [3.63, 3.8) is 0 Å². The van der Waals surface area contributed by atoms with E-state index in [0.717, 1.165) is 25.0 Å². The van der Waals surface area contributed by atoms with Crippen LogP contribution in [0.3, 0.4) is 0 Å². The van der Waals surface area contributed by atoms with Crippen molar-refractivity contribution in [2.75, 3.05) is 36.4 Å². The van der Waals surface area contributed by atoms with Crippen molar-refractivity contribution in [3.8, 4) is 0 Å². The zero-order valence-electron chi connectivity index (χ0n) is 13.4. The van der Waals surface area contributed by atoms with Gasteiger partial charge in [0.1, 0.15) is 13.1 Å². The maximum atomic E-state index is 13.1. The van der Waals surface area contributed by atoms with Crippen LogP contribution in [-0.4, -0.2) is 36.2 Å². The summed E-state index contributed by atoms with van der Waals surface area (Å²) in [6, 6.07) is 11.2. The third kappa shape index (κ3) is 4.19. The normalized spacial score (nSPS) is 15.2. The Morgan fingerprint density at radius 3 is 2.32 bits per heavy atom. The molecule has 132 valence electrons. The molecule has 0 unspecified atom stereocenters. The SMILES string of the molecule is FC(F)(F)c1ccccc1NC(=S)N1CCN(c2cccc[nH+]2)CC1. The predicted molar refractivity (Wildman–Crippen MR) is 94.4 cm³/mol. The fraction of sp³-hybridized carbons (Fsp3) is 0.294. The van der Waals surface area contributed by atoms with Crippen LogP contribution in [0.5, 0.6) is 0 Å². The van der Waals surface area contributed by atoms with Gasteiger partial charge in [-0.25, -0.2) is 4.98 Å². The second-order valence-corrected chi connectivity index (χ2v) is 6.08. The number of aromatic amines is 1. The van der Waals surface area contributed by atoms with E-state index < -0.39 is 11.7 Å². The van der Waals surface area contributed by atoms with Crippen LogP contribution < -0.4 is 15.2 Å². The molecule has 1 fully saturated rings.